The first-order valence-electron chi connectivity index (χ1n) is 10.6. The first kappa shape index (κ1) is 23.4. The number of phenolic OH excluding ortho intramolecular Hbond substituents is 2. The number of aromatic nitrogens is 1. The van der Waals surface area contributed by atoms with Crippen LogP contribution in [0.4, 0.5) is 0 Å². The summed E-state index contributed by atoms with van der Waals surface area (Å²) in [5.41, 5.74) is 4.82. The van der Waals surface area contributed by atoms with Crippen molar-refractivity contribution in [1.82, 2.24) is 15.4 Å². The zero-order valence-corrected chi connectivity index (χ0v) is 20.6. The number of rotatable bonds is 6. The zero-order chi connectivity index (χ0) is 24.4. The summed E-state index contributed by atoms with van der Waals surface area (Å²) in [5.74, 6) is -0.255. The minimum absolute atomic E-state index is 0.0450. The molecule has 1 fully saturated rings. The van der Waals surface area contributed by atoms with E-state index in [0.717, 1.165) is 22.0 Å². The molecule has 1 aromatic heterocycles. The van der Waals surface area contributed by atoms with Gasteiger partial charge in [0.15, 0.2) is 4.34 Å². The van der Waals surface area contributed by atoms with Gasteiger partial charge in [0.2, 0.25) is 5.12 Å². The van der Waals surface area contributed by atoms with Crippen LogP contribution in [0.25, 0.3) is 16.3 Å². The summed E-state index contributed by atoms with van der Waals surface area (Å²) in [6.07, 6.45) is 1.61. The fraction of sp³-hybridized carbons (Fsp3) is 0.0800. The molecule has 1 amide bonds. The van der Waals surface area contributed by atoms with Crippen LogP contribution in [0.2, 0.25) is 0 Å². The number of hydrazine groups is 1. The number of hydrogen-bond donors (Lipinski definition) is 3. The Labute approximate surface area is 213 Å². The number of nitrogens with one attached hydrogen (secondary N) is 1. The summed E-state index contributed by atoms with van der Waals surface area (Å²) in [6.45, 7) is -0.110. The molecule has 176 valence electrons. The van der Waals surface area contributed by atoms with Crippen LogP contribution in [-0.4, -0.2) is 37.8 Å². The van der Waals surface area contributed by atoms with Gasteiger partial charge in [-0.25, -0.2) is 10.4 Å². The van der Waals surface area contributed by atoms with Gasteiger partial charge in [-0.3, -0.25) is 14.6 Å². The number of aromatic hydroxyl groups is 2. The largest absolute Gasteiger partial charge is 0.508 e. The Morgan fingerprint density at radius 1 is 1.03 bits per heavy atom. The maximum absolute atomic E-state index is 13.3. The second-order valence-corrected chi connectivity index (χ2v) is 11.0. The molecule has 1 atom stereocenters. The zero-order valence-electron chi connectivity index (χ0n) is 18.1. The van der Waals surface area contributed by atoms with Crippen LogP contribution in [0.3, 0.4) is 0 Å². The van der Waals surface area contributed by atoms with Gasteiger partial charge in [-0.15, -0.1) is 11.3 Å². The molecule has 1 aliphatic heterocycles. The lowest BCUT2D eigenvalue weighted by atomic mass is 10.2. The van der Waals surface area contributed by atoms with Gasteiger partial charge in [-0.2, -0.15) is 0 Å². The van der Waals surface area contributed by atoms with Crippen LogP contribution in [-0.2, 0) is 9.59 Å². The molecule has 35 heavy (non-hydrogen) atoms. The number of para-hydroxylation sites is 3. The lowest BCUT2D eigenvalue weighted by Gasteiger charge is -2.24. The van der Waals surface area contributed by atoms with Gasteiger partial charge in [0.1, 0.15) is 16.9 Å². The van der Waals surface area contributed by atoms with Gasteiger partial charge < -0.3 is 10.2 Å². The minimum atomic E-state index is -0.596. The highest BCUT2D eigenvalue weighted by Gasteiger charge is 2.39. The highest BCUT2D eigenvalue weighted by atomic mass is 32.2. The summed E-state index contributed by atoms with van der Waals surface area (Å²) in [7, 11) is 0. The highest BCUT2D eigenvalue weighted by molar-refractivity contribution is 8.15. The molecule has 1 aliphatic rings. The van der Waals surface area contributed by atoms with Crippen LogP contribution >= 0.6 is 34.9 Å². The third-order valence-corrected chi connectivity index (χ3v) is 8.40. The van der Waals surface area contributed by atoms with E-state index in [1.807, 2.05) is 24.3 Å². The van der Waals surface area contributed by atoms with E-state index < -0.39 is 5.37 Å². The van der Waals surface area contributed by atoms with E-state index in [9.17, 15) is 19.8 Å². The summed E-state index contributed by atoms with van der Waals surface area (Å²) in [6, 6.07) is 21.2. The van der Waals surface area contributed by atoms with E-state index >= 15 is 0 Å². The summed E-state index contributed by atoms with van der Waals surface area (Å²) >= 11 is 3.69. The van der Waals surface area contributed by atoms with Crippen LogP contribution in [0, 0.1) is 0 Å². The predicted octanol–water partition coefficient (Wildman–Crippen LogP) is 5.15. The molecule has 0 radical (unpaired) electrons. The fourth-order valence-corrected chi connectivity index (χ4v) is 6.65. The van der Waals surface area contributed by atoms with Gasteiger partial charge in [0.05, 0.1) is 21.7 Å². The Bertz CT molecular complexity index is 1420. The molecule has 0 saturated carbocycles. The Kier molecular flexibility index (Phi) is 6.78. The van der Waals surface area contributed by atoms with Crippen molar-refractivity contribution in [2.24, 2.45) is 0 Å². The second kappa shape index (κ2) is 10.1. The van der Waals surface area contributed by atoms with Crippen LogP contribution < -0.4 is 5.43 Å². The van der Waals surface area contributed by atoms with E-state index in [1.54, 1.807) is 54.6 Å². The van der Waals surface area contributed by atoms with Gasteiger partial charge in [-0.1, -0.05) is 60.3 Å². The van der Waals surface area contributed by atoms with E-state index in [4.69, 9.17) is 0 Å². The quantitative estimate of drug-likeness (QED) is 0.237. The number of fused-ring (bicyclic) bond motifs is 1. The number of thioether (sulfide) groups is 2. The van der Waals surface area contributed by atoms with Crippen LogP contribution in [0.1, 0.15) is 16.5 Å². The average Bonchev–Trinajstić information content (AvgIpc) is 3.39. The lowest BCUT2D eigenvalue weighted by Crippen LogP contribution is -2.42. The number of carbonyl (C=O) groups excluding carboxylic acids is 2. The van der Waals surface area contributed by atoms with Crippen LogP contribution in [0.5, 0.6) is 11.5 Å². The van der Waals surface area contributed by atoms with E-state index in [0.29, 0.717) is 20.4 Å². The SMILES string of the molecule is O=C(CNN1C(=O)/C(=C\c2ccccc2O)SC1c1ccccc1O)Sc1nc2ccccc2s1. The van der Waals surface area contributed by atoms with Gasteiger partial charge in [0.25, 0.3) is 5.91 Å². The Morgan fingerprint density at radius 3 is 2.51 bits per heavy atom. The number of benzene rings is 3. The van der Waals surface area contributed by atoms with Crippen LogP contribution in [0.15, 0.2) is 82.0 Å². The Morgan fingerprint density at radius 2 is 1.74 bits per heavy atom. The maximum atomic E-state index is 13.3. The number of hydrogen-bond acceptors (Lipinski definition) is 9. The molecule has 3 N–H and O–H groups in total. The third-order valence-electron chi connectivity index (χ3n) is 5.20. The Balaban J connectivity index is 1.36. The third kappa shape index (κ3) is 5.06. The van der Waals surface area contributed by atoms with Crippen molar-refractivity contribution in [2.45, 2.75) is 9.71 Å². The highest BCUT2D eigenvalue weighted by Crippen LogP contribution is 2.47. The minimum Gasteiger partial charge on any atom is -0.508 e. The van der Waals surface area contributed by atoms with E-state index in [2.05, 4.69) is 10.4 Å². The number of carbonyl (C=O) groups is 2. The normalized spacial score (nSPS) is 16.9. The number of nitrogens with zero attached hydrogens (tertiary/aromatic N) is 2. The molecule has 2 heterocycles. The molecule has 10 heteroatoms. The first-order valence-corrected chi connectivity index (χ1v) is 13.1. The first-order chi connectivity index (χ1) is 17.0. The van der Waals surface area contributed by atoms with Crippen molar-refractivity contribution >= 4 is 62.2 Å². The van der Waals surface area contributed by atoms with E-state index in [-0.39, 0.29) is 29.1 Å². The Hall–Kier alpha value is -3.31. The number of phenols is 2. The lowest BCUT2D eigenvalue weighted by molar-refractivity contribution is -0.129. The number of thiazole rings is 1. The average molecular weight is 522 g/mol. The van der Waals surface area contributed by atoms with E-state index in [1.165, 1.54) is 28.1 Å². The predicted molar refractivity (Wildman–Crippen MR) is 140 cm³/mol. The fourth-order valence-electron chi connectivity index (χ4n) is 3.53. The van der Waals surface area contributed by atoms with Crippen molar-refractivity contribution in [3.8, 4) is 11.5 Å². The molecule has 0 bridgehead atoms. The summed E-state index contributed by atoms with van der Waals surface area (Å²) < 4.78 is 1.64. The topological polar surface area (TPSA) is 103 Å². The van der Waals surface area contributed by atoms with Gasteiger partial charge >= 0.3 is 0 Å². The summed E-state index contributed by atoms with van der Waals surface area (Å²) in [5, 5.41) is 21.1. The molecule has 3 aromatic carbocycles. The molecule has 7 nitrogen and oxygen atoms in total. The molecular weight excluding hydrogens is 502 g/mol. The molecular formula is C25H19N3O4S3. The standard InChI is InChI=1S/C25H19N3O4S3/c29-18-10-4-1-7-15(18)13-21-23(32)28(24(33-21)16-8-2-5-11-19(16)30)26-14-22(31)35-25-27-17-9-3-6-12-20(17)34-25/h1-13,24,26,29-30H,14H2/b21-13+. The van der Waals surface area contributed by atoms with Crippen molar-refractivity contribution in [3.63, 3.8) is 0 Å². The smallest absolute Gasteiger partial charge is 0.275 e. The molecule has 0 aliphatic carbocycles. The van der Waals surface area contributed by atoms with Crippen molar-refractivity contribution < 1.29 is 19.8 Å². The van der Waals surface area contributed by atoms with Crippen molar-refractivity contribution in [1.29, 1.82) is 0 Å². The molecule has 5 rings (SSSR count). The molecule has 4 aromatic rings. The van der Waals surface area contributed by atoms with Gasteiger partial charge in [0, 0.05) is 11.1 Å². The summed E-state index contributed by atoms with van der Waals surface area (Å²) in [4.78, 5) is 30.8. The van der Waals surface area contributed by atoms with Crippen molar-refractivity contribution in [3.05, 3.63) is 88.8 Å². The molecule has 1 unspecified atom stereocenters. The second-order valence-electron chi connectivity index (χ2n) is 7.53. The molecule has 0 spiro atoms. The van der Waals surface area contributed by atoms with Crippen molar-refractivity contribution in [2.75, 3.05) is 6.54 Å². The monoisotopic (exact) mass is 521 g/mol. The molecule has 1 saturated heterocycles. The van der Waals surface area contributed by atoms with Gasteiger partial charge in [-0.05, 0) is 42.1 Å². The number of amides is 1. The maximum Gasteiger partial charge on any atom is 0.275 e.